The van der Waals surface area contributed by atoms with Gasteiger partial charge in [0.05, 0.1) is 16.3 Å². The van der Waals surface area contributed by atoms with Gasteiger partial charge in [-0.05, 0) is 54.7 Å². The quantitative estimate of drug-likeness (QED) is 0.456. The highest BCUT2D eigenvalue weighted by Crippen LogP contribution is 2.26. The van der Waals surface area contributed by atoms with E-state index in [0.29, 0.717) is 26.4 Å². The maximum Gasteiger partial charge on any atom is 0.266 e. The molecule has 0 N–H and O–H groups in total. The molecule has 1 aliphatic rings. The summed E-state index contributed by atoms with van der Waals surface area (Å²) in [5, 5.41) is 1.25. The van der Waals surface area contributed by atoms with E-state index >= 15 is 0 Å². The number of anilines is 2. The van der Waals surface area contributed by atoms with E-state index in [0.717, 1.165) is 26.2 Å². The number of carbonyl (C=O) groups is 1. The zero-order valence-electron chi connectivity index (χ0n) is 16.7. The van der Waals surface area contributed by atoms with Gasteiger partial charge in [0.1, 0.15) is 0 Å². The molecule has 4 rings (SSSR count). The number of hydrogen-bond donors (Lipinski definition) is 0. The maximum atomic E-state index is 13.5. The van der Waals surface area contributed by atoms with Crippen molar-refractivity contribution in [3.05, 3.63) is 94.5 Å². The Morgan fingerprint density at radius 1 is 0.839 bits per heavy atom. The standard InChI is InChI=1S/C24H21Cl2N3OS/c25-18-11-12-21(22(26)17-18)23(30)29(20-9-5-2-6-10-20)24(31)28-15-13-27(14-16-28)19-7-3-1-4-8-19/h1-12,17H,13-16H2. The Morgan fingerprint density at radius 2 is 1.45 bits per heavy atom. The fraction of sp³-hybridized carbons (Fsp3) is 0.167. The number of piperazine rings is 1. The Hall–Kier alpha value is -2.60. The van der Waals surface area contributed by atoms with E-state index in [2.05, 4.69) is 21.9 Å². The monoisotopic (exact) mass is 469 g/mol. The van der Waals surface area contributed by atoms with Crippen molar-refractivity contribution in [1.82, 2.24) is 4.90 Å². The van der Waals surface area contributed by atoms with E-state index in [4.69, 9.17) is 35.4 Å². The average Bonchev–Trinajstić information content (AvgIpc) is 2.80. The van der Waals surface area contributed by atoms with Crippen molar-refractivity contribution in [1.29, 1.82) is 0 Å². The minimum absolute atomic E-state index is 0.275. The van der Waals surface area contributed by atoms with Crippen molar-refractivity contribution in [3.8, 4) is 0 Å². The van der Waals surface area contributed by atoms with Gasteiger partial charge in [-0.15, -0.1) is 0 Å². The SMILES string of the molecule is O=C(c1ccc(Cl)cc1Cl)N(C(=S)N1CCN(c2ccccc2)CC1)c1ccccc1. The summed E-state index contributed by atoms with van der Waals surface area (Å²) in [5.41, 5.74) is 2.26. The molecule has 31 heavy (non-hydrogen) atoms. The summed E-state index contributed by atoms with van der Waals surface area (Å²) < 4.78 is 0. The summed E-state index contributed by atoms with van der Waals surface area (Å²) in [6.07, 6.45) is 0. The lowest BCUT2D eigenvalue weighted by Gasteiger charge is -2.40. The van der Waals surface area contributed by atoms with Crippen molar-refractivity contribution in [3.63, 3.8) is 0 Å². The third-order valence-corrected chi connectivity index (χ3v) is 6.23. The van der Waals surface area contributed by atoms with Crippen LogP contribution >= 0.6 is 35.4 Å². The summed E-state index contributed by atoms with van der Waals surface area (Å²) in [4.78, 5) is 19.5. The molecule has 3 aromatic carbocycles. The molecule has 0 spiro atoms. The molecular formula is C24H21Cl2N3OS. The Morgan fingerprint density at radius 3 is 2.06 bits per heavy atom. The second-order valence-corrected chi connectivity index (χ2v) is 8.40. The van der Waals surface area contributed by atoms with E-state index in [1.807, 2.05) is 48.5 Å². The van der Waals surface area contributed by atoms with Crippen LogP contribution < -0.4 is 9.80 Å². The summed E-state index contributed by atoms with van der Waals surface area (Å²) >= 11 is 18.2. The smallest absolute Gasteiger partial charge is 0.266 e. The molecule has 1 saturated heterocycles. The highest BCUT2D eigenvalue weighted by molar-refractivity contribution is 7.80. The average molecular weight is 470 g/mol. The van der Waals surface area contributed by atoms with E-state index < -0.39 is 0 Å². The molecular weight excluding hydrogens is 449 g/mol. The third-order valence-electron chi connectivity index (χ3n) is 5.24. The van der Waals surface area contributed by atoms with Gasteiger partial charge < -0.3 is 9.80 Å². The molecule has 0 atom stereocenters. The molecule has 7 heteroatoms. The topological polar surface area (TPSA) is 26.8 Å². The molecule has 0 saturated carbocycles. The zero-order chi connectivity index (χ0) is 21.8. The molecule has 1 fully saturated rings. The van der Waals surface area contributed by atoms with Gasteiger partial charge in [-0.1, -0.05) is 59.6 Å². The van der Waals surface area contributed by atoms with Crippen LogP contribution in [0.4, 0.5) is 11.4 Å². The minimum Gasteiger partial charge on any atom is -0.368 e. The minimum atomic E-state index is -0.275. The number of amides is 1. The van der Waals surface area contributed by atoms with Crippen molar-refractivity contribution in [2.45, 2.75) is 0 Å². The predicted molar refractivity (Wildman–Crippen MR) is 133 cm³/mol. The summed E-state index contributed by atoms with van der Waals surface area (Å²) in [6.45, 7) is 3.09. The molecule has 0 radical (unpaired) electrons. The Bertz CT molecular complexity index is 1070. The number of hydrogen-bond acceptors (Lipinski definition) is 3. The van der Waals surface area contributed by atoms with Crippen molar-refractivity contribution in [2.24, 2.45) is 0 Å². The van der Waals surface area contributed by atoms with Crippen LogP contribution in [0.15, 0.2) is 78.9 Å². The molecule has 0 bridgehead atoms. The first kappa shape index (κ1) is 21.6. The van der Waals surface area contributed by atoms with E-state index in [1.54, 1.807) is 23.1 Å². The highest BCUT2D eigenvalue weighted by Gasteiger charge is 2.29. The van der Waals surface area contributed by atoms with Gasteiger partial charge in [-0.2, -0.15) is 0 Å². The van der Waals surface area contributed by atoms with Crippen LogP contribution in [0.5, 0.6) is 0 Å². The van der Waals surface area contributed by atoms with Gasteiger partial charge in [0.25, 0.3) is 5.91 Å². The van der Waals surface area contributed by atoms with Crippen LogP contribution in [0.3, 0.4) is 0 Å². The van der Waals surface area contributed by atoms with Gasteiger partial charge in [0.2, 0.25) is 0 Å². The third kappa shape index (κ3) is 4.85. The van der Waals surface area contributed by atoms with E-state index in [9.17, 15) is 4.79 Å². The van der Waals surface area contributed by atoms with E-state index in [-0.39, 0.29) is 5.91 Å². The lowest BCUT2D eigenvalue weighted by molar-refractivity contribution is 0.0999. The van der Waals surface area contributed by atoms with Crippen LogP contribution in [0.2, 0.25) is 10.0 Å². The van der Waals surface area contributed by atoms with Gasteiger partial charge in [0, 0.05) is 36.9 Å². The van der Waals surface area contributed by atoms with Gasteiger partial charge in [-0.3, -0.25) is 9.69 Å². The number of benzene rings is 3. The number of carbonyl (C=O) groups excluding carboxylic acids is 1. The molecule has 3 aromatic rings. The first-order valence-corrected chi connectivity index (χ1v) is 11.1. The first-order chi connectivity index (χ1) is 15.0. The maximum absolute atomic E-state index is 13.5. The van der Waals surface area contributed by atoms with Crippen molar-refractivity contribution < 1.29 is 4.79 Å². The second kappa shape index (κ2) is 9.69. The molecule has 4 nitrogen and oxygen atoms in total. The normalized spacial score (nSPS) is 13.7. The molecule has 0 aromatic heterocycles. The number of nitrogens with zero attached hydrogens (tertiary/aromatic N) is 3. The predicted octanol–water partition coefficient (Wildman–Crippen LogP) is 5.75. The Balaban J connectivity index is 1.57. The number of rotatable bonds is 3. The molecule has 1 amide bonds. The Kier molecular flexibility index (Phi) is 6.76. The number of halogens is 2. The molecule has 1 aliphatic heterocycles. The fourth-order valence-corrected chi connectivity index (χ4v) is 4.47. The first-order valence-electron chi connectivity index (χ1n) is 9.98. The number of para-hydroxylation sites is 2. The summed E-state index contributed by atoms with van der Waals surface area (Å²) in [6, 6.07) is 24.6. The van der Waals surface area contributed by atoms with Crippen LogP contribution in [0.1, 0.15) is 10.4 Å². The number of thiocarbonyl (C=S) groups is 1. The van der Waals surface area contributed by atoms with Crippen molar-refractivity contribution >= 4 is 57.8 Å². The van der Waals surface area contributed by atoms with Gasteiger partial charge >= 0.3 is 0 Å². The second-order valence-electron chi connectivity index (χ2n) is 7.19. The van der Waals surface area contributed by atoms with E-state index in [1.165, 1.54) is 5.69 Å². The lowest BCUT2D eigenvalue weighted by Crippen LogP contribution is -2.54. The summed E-state index contributed by atoms with van der Waals surface area (Å²) in [5.74, 6) is -0.275. The Labute approximate surface area is 197 Å². The molecule has 1 heterocycles. The van der Waals surface area contributed by atoms with Crippen molar-refractivity contribution in [2.75, 3.05) is 36.0 Å². The van der Waals surface area contributed by atoms with Crippen LogP contribution in [0.25, 0.3) is 0 Å². The largest absolute Gasteiger partial charge is 0.368 e. The van der Waals surface area contributed by atoms with Crippen LogP contribution in [-0.4, -0.2) is 42.1 Å². The fourth-order valence-electron chi connectivity index (χ4n) is 3.61. The zero-order valence-corrected chi connectivity index (χ0v) is 19.1. The van der Waals surface area contributed by atoms with Crippen LogP contribution in [0, 0.1) is 0 Å². The van der Waals surface area contributed by atoms with Gasteiger partial charge in [0.15, 0.2) is 5.11 Å². The molecule has 0 aliphatic carbocycles. The van der Waals surface area contributed by atoms with Gasteiger partial charge in [-0.25, -0.2) is 0 Å². The molecule has 0 unspecified atom stereocenters. The van der Waals surface area contributed by atoms with Crippen LogP contribution in [-0.2, 0) is 0 Å². The molecule has 158 valence electrons. The summed E-state index contributed by atoms with van der Waals surface area (Å²) in [7, 11) is 0. The highest BCUT2D eigenvalue weighted by atomic mass is 35.5. The lowest BCUT2D eigenvalue weighted by atomic mass is 10.1.